The third-order valence-corrected chi connectivity index (χ3v) is 11.2. The topological polar surface area (TPSA) is 180 Å². The number of anilines is 1. The van der Waals surface area contributed by atoms with Crippen LogP contribution in [0.2, 0.25) is 0 Å². The van der Waals surface area contributed by atoms with Crippen molar-refractivity contribution in [3.63, 3.8) is 0 Å². The number of phosphoric acid groups is 1. The number of benzene rings is 1. The van der Waals surface area contributed by atoms with E-state index in [0.717, 1.165) is 18.4 Å². The summed E-state index contributed by atoms with van der Waals surface area (Å²) in [6.07, 6.45) is 17.5. The average Bonchev–Trinajstić information content (AvgIpc) is 3.71. The molecule has 1 saturated heterocycles. The van der Waals surface area contributed by atoms with E-state index in [1.807, 2.05) is 30.3 Å². The molecule has 3 heterocycles. The van der Waals surface area contributed by atoms with Crippen molar-refractivity contribution < 1.29 is 42.9 Å². The zero-order valence-electron chi connectivity index (χ0n) is 32.4. The molecule has 2 aromatic heterocycles. The molecule has 1 fully saturated rings. The lowest BCUT2D eigenvalue weighted by Crippen LogP contribution is -2.39. The fraction of sp³-hybridized carbons (Fsp3) is 0.700. The largest absolute Gasteiger partial charge is 0.472 e. The minimum absolute atomic E-state index is 0.180. The highest BCUT2D eigenvalue weighted by atomic mass is 31.2. The summed E-state index contributed by atoms with van der Waals surface area (Å²) >= 11 is 0. The van der Waals surface area contributed by atoms with Crippen LogP contribution >= 0.6 is 7.82 Å². The van der Waals surface area contributed by atoms with Crippen LogP contribution in [0.4, 0.5) is 5.82 Å². The van der Waals surface area contributed by atoms with Gasteiger partial charge < -0.3 is 35.1 Å². The smallest absolute Gasteiger partial charge is 0.387 e. The Morgan fingerprint density at radius 3 is 2.11 bits per heavy atom. The van der Waals surface area contributed by atoms with Crippen LogP contribution in [0.3, 0.4) is 0 Å². The number of nitrogen functional groups attached to an aromatic ring is 1. The summed E-state index contributed by atoms with van der Waals surface area (Å²) in [6.45, 7) is 4.09. The van der Waals surface area contributed by atoms with Gasteiger partial charge >= 0.3 is 7.82 Å². The molecule has 4 rings (SSSR count). The van der Waals surface area contributed by atoms with E-state index >= 15 is 0 Å². The first-order valence-corrected chi connectivity index (χ1v) is 21.6. The van der Waals surface area contributed by atoms with Gasteiger partial charge in [0.15, 0.2) is 5.82 Å². The number of hydrogen-bond donors (Lipinski definition) is 4. The first kappa shape index (κ1) is 44.3. The van der Waals surface area contributed by atoms with E-state index in [9.17, 15) is 19.7 Å². The van der Waals surface area contributed by atoms with Crippen molar-refractivity contribution in [2.45, 2.75) is 153 Å². The Kier molecular flexibility index (Phi) is 19.3. The normalized spacial score (nSPS) is 21.8. The molecule has 1 unspecified atom stereocenters. The van der Waals surface area contributed by atoms with Gasteiger partial charge in [-0.2, -0.15) is 5.10 Å². The summed E-state index contributed by atoms with van der Waals surface area (Å²) in [6, 6.07) is 13.0. The fourth-order valence-electron chi connectivity index (χ4n) is 6.94. The Bertz CT molecular complexity index is 1520. The lowest BCUT2D eigenvalue weighted by Gasteiger charge is -2.27. The summed E-state index contributed by atoms with van der Waals surface area (Å²) in [4.78, 5) is 14.5. The Balaban J connectivity index is 1.13. The number of aliphatic hydroxyl groups is 2. The minimum atomic E-state index is -4.62. The van der Waals surface area contributed by atoms with E-state index in [4.69, 9.17) is 29.0 Å². The number of hydrogen-bond acceptors (Lipinski definition) is 11. The number of ether oxygens (including phenoxy) is 3. The molecule has 1 aliphatic heterocycles. The number of unbranched alkanes of at least 4 members (excludes halogenated alkanes) is 15. The lowest BCUT2D eigenvalue weighted by atomic mass is 9.93. The Morgan fingerprint density at radius 1 is 0.870 bits per heavy atom. The van der Waals surface area contributed by atoms with Crippen molar-refractivity contribution in [3.8, 4) is 0 Å². The van der Waals surface area contributed by atoms with E-state index in [1.165, 1.54) is 101 Å². The van der Waals surface area contributed by atoms with Crippen LogP contribution in [0.5, 0.6) is 0 Å². The molecule has 13 nitrogen and oxygen atoms in total. The zero-order valence-corrected chi connectivity index (χ0v) is 33.3. The number of phosphoric ester groups is 1. The number of aromatic nitrogens is 3. The van der Waals surface area contributed by atoms with Gasteiger partial charge in [0.25, 0.3) is 0 Å². The number of fused-ring (bicyclic) bond motifs is 1. The molecule has 1 aromatic carbocycles. The molecule has 1 aliphatic rings. The van der Waals surface area contributed by atoms with Crippen molar-refractivity contribution >= 4 is 19.2 Å². The molecule has 0 amide bonds. The Labute approximate surface area is 321 Å². The van der Waals surface area contributed by atoms with Crippen molar-refractivity contribution in [3.05, 3.63) is 60.0 Å². The number of nitrogens with two attached hydrogens (primary N) is 1. The molecule has 0 saturated carbocycles. The van der Waals surface area contributed by atoms with Crippen molar-refractivity contribution in [2.24, 2.45) is 0 Å². The SMILES string of the molecule is CCCCCCCCCCCCCCCCCCOC[C@H](COP(=O)(O)OC[C@H]1O[C@@](C)(c2ccc3c(N)ncnn23)[C@H](O)[C@@H]1O)OCc1ccccc1. The van der Waals surface area contributed by atoms with E-state index in [-0.39, 0.29) is 25.6 Å². The number of aliphatic hydroxyl groups excluding tert-OH is 2. The molecule has 5 N–H and O–H groups in total. The quantitative estimate of drug-likeness (QED) is 0.0400. The van der Waals surface area contributed by atoms with Crippen LogP contribution in [-0.4, -0.2) is 80.5 Å². The van der Waals surface area contributed by atoms with Crippen molar-refractivity contribution in [1.82, 2.24) is 14.6 Å². The maximum atomic E-state index is 13.0. The van der Waals surface area contributed by atoms with Gasteiger partial charge in [0, 0.05) is 6.61 Å². The molecule has 0 bridgehead atoms. The molecule has 14 heteroatoms. The molecule has 54 heavy (non-hydrogen) atoms. The average molecular weight is 777 g/mol. The molecule has 0 aliphatic carbocycles. The summed E-state index contributed by atoms with van der Waals surface area (Å²) < 4.78 is 43.0. The second-order valence-corrected chi connectivity index (χ2v) is 16.2. The predicted octanol–water partition coefficient (Wildman–Crippen LogP) is 7.64. The monoisotopic (exact) mass is 776 g/mol. The molecular formula is C40H65N4O9P. The second kappa shape index (κ2) is 23.6. The van der Waals surface area contributed by atoms with Gasteiger partial charge in [0.1, 0.15) is 41.9 Å². The van der Waals surface area contributed by atoms with Gasteiger partial charge in [-0.3, -0.25) is 9.05 Å². The van der Waals surface area contributed by atoms with Crippen LogP contribution in [0.15, 0.2) is 48.8 Å². The van der Waals surface area contributed by atoms with Crippen molar-refractivity contribution in [2.75, 3.05) is 32.2 Å². The highest BCUT2D eigenvalue weighted by molar-refractivity contribution is 7.47. The maximum Gasteiger partial charge on any atom is 0.472 e. The third kappa shape index (κ3) is 14.2. The standard InChI is InChI=1S/C40H65N4O9P/c1-3-4-5-6-7-8-9-10-11-12-13-14-15-16-17-21-26-49-28-33(50-27-32-22-19-18-20-23-32)29-51-54(47,48)52-30-35-37(45)38(46)40(2,53-35)36-25-24-34-39(41)42-31-43-44(34)36/h18-20,22-25,31,33,35,37-38,45-46H,3-17,21,26-30H2,1-2H3,(H,47,48)(H2,41,42,43)/t33-,35-,37-,38-,40+/m1/s1. The van der Waals surface area contributed by atoms with E-state index in [2.05, 4.69) is 17.0 Å². The van der Waals surface area contributed by atoms with E-state index in [1.54, 1.807) is 19.1 Å². The highest BCUT2D eigenvalue weighted by Gasteiger charge is 2.54. The van der Waals surface area contributed by atoms with Crippen LogP contribution in [0.25, 0.3) is 5.52 Å². The molecule has 304 valence electrons. The van der Waals surface area contributed by atoms with Gasteiger partial charge in [0.05, 0.1) is 32.1 Å². The molecular weight excluding hydrogens is 711 g/mol. The molecule has 0 radical (unpaired) electrons. The Morgan fingerprint density at radius 2 is 1.48 bits per heavy atom. The molecule has 3 aromatic rings. The summed E-state index contributed by atoms with van der Waals surface area (Å²) in [5.41, 5.74) is 6.39. The Hall–Kier alpha value is -2.45. The van der Waals surface area contributed by atoms with Crippen LogP contribution in [0, 0.1) is 0 Å². The summed E-state index contributed by atoms with van der Waals surface area (Å²) in [7, 11) is -4.62. The van der Waals surface area contributed by atoms with E-state index < -0.39 is 44.4 Å². The van der Waals surface area contributed by atoms with Gasteiger partial charge in [-0.1, -0.05) is 134 Å². The third-order valence-electron chi connectivity index (χ3n) is 10.3. The zero-order chi connectivity index (χ0) is 38.7. The second-order valence-electron chi connectivity index (χ2n) is 14.7. The van der Waals surface area contributed by atoms with Gasteiger partial charge in [0.2, 0.25) is 0 Å². The first-order chi connectivity index (χ1) is 26.1. The summed E-state index contributed by atoms with van der Waals surface area (Å²) in [5, 5.41) is 26.0. The molecule has 6 atom stereocenters. The number of nitrogens with zero attached hydrogens (tertiary/aromatic N) is 3. The predicted molar refractivity (Wildman–Crippen MR) is 209 cm³/mol. The fourth-order valence-corrected chi connectivity index (χ4v) is 7.70. The van der Waals surface area contributed by atoms with E-state index in [0.29, 0.717) is 17.8 Å². The molecule has 0 spiro atoms. The van der Waals surface area contributed by atoms with Crippen LogP contribution in [-0.2, 0) is 40.0 Å². The highest BCUT2D eigenvalue weighted by Crippen LogP contribution is 2.46. The van der Waals surface area contributed by atoms with Gasteiger partial charge in [-0.05, 0) is 31.0 Å². The maximum absolute atomic E-state index is 13.0. The van der Waals surface area contributed by atoms with Crippen LogP contribution in [0.1, 0.15) is 128 Å². The lowest BCUT2D eigenvalue weighted by molar-refractivity contribution is -0.0901. The number of rotatable bonds is 29. The van der Waals surface area contributed by atoms with Crippen molar-refractivity contribution in [1.29, 1.82) is 0 Å². The van der Waals surface area contributed by atoms with Gasteiger partial charge in [-0.15, -0.1) is 0 Å². The minimum Gasteiger partial charge on any atom is -0.387 e. The van der Waals surface area contributed by atoms with Gasteiger partial charge in [-0.25, -0.2) is 14.1 Å². The summed E-state index contributed by atoms with van der Waals surface area (Å²) in [5.74, 6) is 0.239. The van der Waals surface area contributed by atoms with Crippen LogP contribution < -0.4 is 5.73 Å². The first-order valence-electron chi connectivity index (χ1n) is 20.1.